The summed E-state index contributed by atoms with van der Waals surface area (Å²) < 4.78 is 47.7. The van der Waals surface area contributed by atoms with Gasteiger partial charge < -0.3 is 19.5 Å². The van der Waals surface area contributed by atoms with Crippen molar-refractivity contribution in [3.63, 3.8) is 0 Å². The van der Waals surface area contributed by atoms with Crippen LogP contribution in [-0.4, -0.2) is 52.9 Å². The molecule has 34 heavy (non-hydrogen) atoms. The first-order valence-corrected chi connectivity index (χ1v) is 11.3. The third-order valence-electron chi connectivity index (χ3n) is 6.78. The monoisotopic (exact) mass is 473 g/mol. The van der Waals surface area contributed by atoms with Crippen molar-refractivity contribution in [2.24, 2.45) is 0 Å². The van der Waals surface area contributed by atoms with Gasteiger partial charge in [-0.1, -0.05) is 12.1 Å². The first-order valence-electron chi connectivity index (χ1n) is 11.3. The number of hydrogen-bond acceptors (Lipinski definition) is 5. The summed E-state index contributed by atoms with van der Waals surface area (Å²) in [5.74, 6) is 0.212. The molecule has 4 heterocycles. The number of carbonyl (C=O) groups excluding carboxylic acids is 1. The molecule has 180 valence electrons. The van der Waals surface area contributed by atoms with Crippen LogP contribution < -0.4 is 10.2 Å². The zero-order valence-corrected chi connectivity index (χ0v) is 19.0. The fourth-order valence-electron chi connectivity index (χ4n) is 4.74. The van der Waals surface area contributed by atoms with E-state index in [4.69, 9.17) is 4.42 Å². The van der Waals surface area contributed by atoms with Crippen LogP contribution in [0.2, 0.25) is 0 Å². The molecule has 2 aliphatic heterocycles. The number of anilines is 2. The maximum atomic E-state index is 13.8. The number of carbonyl (C=O) groups is 1. The van der Waals surface area contributed by atoms with Gasteiger partial charge in [-0.25, -0.2) is 4.68 Å². The van der Waals surface area contributed by atoms with E-state index in [1.165, 1.54) is 23.5 Å². The number of furan rings is 1. The highest BCUT2D eigenvalue weighted by molar-refractivity contribution is 5.93. The number of nitrogens with one attached hydrogen (secondary N) is 1. The molecule has 0 aliphatic carbocycles. The van der Waals surface area contributed by atoms with Gasteiger partial charge in [-0.05, 0) is 43.2 Å². The van der Waals surface area contributed by atoms with Gasteiger partial charge in [-0.15, -0.1) is 0 Å². The van der Waals surface area contributed by atoms with Crippen molar-refractivity contribution in [1.82, 2.24) is 14.7 Å². The van der Waals surface area contributed by atoms with Gasteiger partial charge in [0.05, 0.1) is 12.3 Å². The van der Waals surface area contributed by atoms with E-state index >= 15 is 0 Å². The van der Waals surface area contributed by atoms with Crippen LogP contribution in [0.25, 0.3) is 0 Å². The molecule has 1 N–H and O–H groups in total. The number of halogens is 3. The summed E-state index contributed by atoms with van der Waals surface area (Å²) in [7, 11) is 0. The Labute approximate surface area is 195 Å². The third kappa shape index (κ3) is 4.01. The van der Waals surface area contributed by atoms with Crippen molar-refractivity contribution in [3.8, 4) is 0 Å². The first kappa shape index (κ1) is 22.4. The molecule has 2 aromatic heterocycles. The highest BCUT2D eigenvalue weighted by atomic mass is 19.4. The van der Waals surface area contributed by atoms with Crippen LogP contribution in [0.4, 0.5) is 24.7 Å². The highest BCUT2D eigenvalue weighted by Crippen LogP contribution is 2.43. The van der Waals surface area contributed by atoms with Gasteiger partial charge in [0, 0.05) is 44.4 Å². The first-order chi connectivity index (χ1) is 16.2. The molecule has 2 aliphatic rings. The summed E-state index contributed by atoms with van der Waals surface area (Å²) >= 11 is 0. The van der Waals surface area contributed by atoms with E-state index in [2.05, 4.69) is 41.3 Å². The smallest absolute Gasteiger partial charge is 0.410 e. The summed E-state index contributed by atoms with van der Waals surface area (Å²) in [6.45, 7) is 6.38. The number of nitrogens with zero attached hydrogens (tertiary/aromatic N) is 4. The molecule has 5 rings (SSSR count). The Morgan fingerprint density at radius 1 is 1.12 bits per heavy atom. The number of benzene rings is 1. The lowest BCUT2D eigenvalue weighted by molar-refractivity contribution is -0.174. The van der Waals surface area contributed by atoms with Crippen LogP contribution in [0.15, 0.2) is 47.1 Å². The molecule has 3 aromatic rings. The number of piperazine rings is 1. The van der Waals surface area contributed by atoms with E-state index in [0.29, 0.717) is 31.9 Å². The van der Waals surface area contributed by atoms with Crippen molar-refractivity contribution < 1.29 is 22.4 Å². The van der Waals surface area contributed by atoms with Gasteiger partial charge in [0.2, 0.25) is 0 Å². The second-order valence-corrected chi connectivity index (χ2v) is 8.86. The Bertz CT molecular complexity index is 1180. The van der Waals surface area contributed by atoms with Crippen LogP contribution in [-0.2, 0) is 0 Å². The number of aromatic nitrogens is 2. The Morgan fingerprint density at radius 2 is 1.88 bits per heavy atom. The van der Waals surface area contributed by atoms with Gasteiger partial charge in [0.15, 0.2) is 11.7 Å². The summed E-state index contributed by atoms with van der Waals surface area (Å²) in [6, 6.07) is 8.34. The second-order valence-electron chi connectivity index (χ2n) is 8.86. The molecule has 0 spiro atoms. The van der Waals surface area contributed by atoms with Crippen LogP contribution in [0.5, 0.6) is 0 Å². The quantitative estimate of drug-likeness (QED) is 0.597. The predicted octanol–water partition coefficient (Wildman–Crippen LogP) is 4.72. The average Bonchev–Trinajstić information content (AvgIpc) is 3.49. The summed E-state index contributed by atoms with van der Waals surface area (Å²) in [4.78, 5) is 17.0. The van der Waals surface area contributed by atoms with E-state index < -0.39 is 18.3 Å². The second kappa shape index (κ2) is 8.41. The SMILES string of the molecule is Cc1cccc(N2CCN(C(=O)c3cc4n(n3)C(C(F)(F)F)CC(c3ccco3)N4)CC2)c1C. The van der Waals surface area contributed by atoms with E-state index in [1.807, 2.05) is 6.07 Å². The predicted molar refractivity (Wildman–Crippen MR) is 121 cm³/mol. The third-order valence-corrected chi connectivity index (χ3v) is 6.78. The molecule has 2 atom stereocenters. The molecular formula is C24H26F3N5O2. The van der Waals surface area contributed by atoms with Crippen LogP contribution in [0.1, 0.15) is 45.9 Å². The van der Waals surface area contributed by atoms with Crippen LogP contribution in [0, 0.1) is 13.8 Å². The lowest BCUT2D eigenvalue weighted by atomic mass is 10.0. The molecule has 1 amide bonds. The fraction of sp³-hybridized carbons (Fsp3) is 0.417. The van der Waals surface area contributed by atoms with Gasteiger partial charge in [-0.3, -0.25) is 4.79 Å². The normalized spacial score (nSPS) is 20.7. The number of alkyl halides is 3. The molecular weight excluding hydrogens is 447 g/mol. The molecule has 1 saturated heterocycles. The minimum atomic E-state index is -4.51. The average molecular weight is 473 g/mol. The molecule has 0 bridgehead atoms. The number of aryl methyl sites for hydroxylation is 1. The molecule has 2 unspecified atom stereocenters. The van der Waals surface area contributed by atoms with E-state index in [0.717, 1.165) is 10.4 Å². The number of amides is 1. The number of hydrogen-bond donors (Lipinski definition) is 1. The minimum absolute atomic E-state index is 0.0111. The number of rotatable bonds is 3. The molecule has 1 aromatic carbocycles. The Hall–Kier alpha value is -3.43. The maximum Gasteiger partial charge on any atom is 0.410 e. The Kier molecular flexibility index (Phi) is 5.53. The summed E-state index contributed by atoms with van der Waals surface area (Å²) in [6.07, 6.45) is -3.35. The van der Waals surface area contributed by atoms with Crippen molar-refractivity contribution in [2.75, 3.05) is 36.4 Å². The fourth-order valence-corrected chi connectivity index (χ4v) is 4.74. The molecule has 0 saturated carbocycles. The topological polar surface area (TPSA) is 66.5 Å². The van der Waals surface area contributed by atoms with Gasteiger partial charge in [0.25, 0.3) is 5.91 Å². The standard InChI is InChI=1S/C24H26F3N5O2/c1-15-5-3-6-19(16(15)2)30-8-10-31(11-9-30)23(33)18-14-22-28-17(20-7-4-12-34-20)13-21(24(25,26)27)32(22)29-18/h3-7,12,14,17,21,28H,8-11,13H2,1-2H3. The Balaban J connectivity index is 1.34. The largest absolute Gasteiger partial charge is 0.467 e. The van der Waals surface area contributed by atoms with Gasteiger partial charge in [-0.2, -0.15) is 18.3 Å². The summed E-state index contributed by atoms with van der Waals surface area (Å²) in [5.41, 5.74) is 3.57. The summed E-state index contributed by atoms with van der Waals surface area (Å²) in [5, 5.41) is 7.14. The lowest BCUT2D eigenvalue weighted by Crippen LogP contribution is -2.49. The minimum Gasteiger partial charge on any atom is -0.467 e. The Morgan fingerprint density at radius 3 is 2.56 bits per heavy atom. The van der Waals surface area contributed by atoms with Crippen molar-refractivity contribution in [1.29, 1.82) is 0 Å². The van der Waals surface area contributed by atoms with E-state index in [9.17, 15) is 18.0 Å². The zero-order chi connectivity index (χ0) is 24.0. The van der Waals surface area contributed by atoms with E-state index in [1.54, 1.807) is 17.0 Å². The molecule has 0 radical (unpaired) electrons. The van der Waals surface area contributed by atoms with Gasteiger partial charge in [0.1, 0.15) is 11.6 Å². The van der Waals surface area contributed by atoms with Crippen molar-refractivity contribution in [2.45, 2.75) is 38.5 Å². The molecule has 1 fully saturated rings. The van der Waals surface area contributed by atoms with Gasteiger partial charge >= 0.3 is 6.18 Å². The lowest BCUT2D eigenvalue weighted by Gasteiger charge is -2.36. The van der Waals surface area contributed by atoms with Crippen LogP contribution >= 0.6 is 0 Å². The van der Waals surface area contributed by atoms with Crippen molar-refractivity contribution in [3.05, 3.63) is 65.2 Å². The highest BCUT2D eigenvalue weighted by Gasteiger charge is 2.47. The molecule has 7 nitrogen and oxygen atoms in total. The van der Waals surface area contributed by atoms with E-state index in [-0.39, 0.29) is 23.8 Å². The number of fused-ring (bicyclic) bond motifs is 1. The zero-order valence-electron chi connectivity index (χ0n) is 19.0. The van der Waals surface area contributed by atoms with Crippen LogP contribution in [0.3, 0.4) is 0 Å². The van der Waals surface area contributed by atoms with Crippen molar-refractivity contribution >= 4 is 17.4 Å². The molecule has 10 heteroatoms. The maximum absolute atomic E-state index is 13.8.